The van der Waals surface area contributed by atoms with E-state index in [9.17, 15) is 8.42 Å². The van der Waals surface area contributed by atoms with E-state index in [0.29, 0.717) is 17.4 Å². The fraction of sp³-hybridized carbons (Fsp3) is 0.571. The molecule has 0 spiro atoms. The van der Waals surface area contributed by atoms with Crippen molar-refractivity contribution in [1.29, 1.82) is 0 Å². The third-order valence-electron chi connectivity index (χ3n) is 3.67. The van der Waals surface area contributed by atoms with Crippen LogP contribution in [0.2, 0.25) is 0 Å². The van der Waals surface area contributed by atoms with Gasteiger partial charge in [0.1, 0.15) is 0 Å². The highest BCUT2D eigenvalue weighted by Gasteiger charge is 2.39. The summed E-state index contributed by atoms with van der Waals surface area (Å²) in [5, 5.41) is 0. The first-order valence-corrected chi connectivity index (χ1v) is 8.28. The van der Waals surface area contributed by atoms with Gasteiger partial charge in [0, 0.05) is 12.6 Å². The third kappa shape index (κ3) is 3.35. The van der Waals surface area contributed by atoms with Crippen LogP contribution < -0.4 is 10.5 Å². The van der Waals surface area contributed by atoms with Crippen LogP contribution in [0.5, 0.6) is 0 Å². The molecule has 0 heterocycles. The first-order chi connectivity index (χ1) is 8.97. The molecule has 5 heteroatoms. The van der Waals surface area contributed by atoms with Crippen molar-refractivity contribution in [2.24, 2.45) is 11.7 Å². The predicted molar refractivity (Wildman–Crippen MR) is 76.2 cm³/mol. The topological polar surface area (TPSA) is 72.2 Å². The summed E-state index contributed by atoms with van der Waals surface area (Å²) in [6.45, 7) is 4.29. The van der Waals surface area contributed by atoms with Crippen LogP contribution in [0.25, 0.3) is 0 Å². The maximum absolute atomic E-state index is 12.4. The Labute approximate surface area is 115 Å². The number of sulfonamides is 1. The molecular weight excluding hydrogens is 260 g/mol. The molecule has 19 heavy (non-hydrogen) atoms. The Morgan fingerprint density at radius 3 is 2.79 bits per heavy atom. The van der Waals surface area contributed by atoms with E-state index in [1.807, 2.05) is 19.1 Å². The molecule has 3 N–H and O–H groups in total. The lowest BCUT2D eigenvalue weighted by atomic mass is 10.1. The maximum atomic E-state index is 12.4. The van der Waals surface area contributed by atoms with Gasteiger partial charge in [-0.15, -0.1) is 0 Å². The number of nitrogens with two attached hydrogens (primary N) is 1. The normalized spacial score (nSPS) is 22.5. The first-order valence-electron chi connectivity index (χ1n) is 6.80. The van der Waals surface area contributed by atoms with Crippen molar-refractivity contribution in [3.63, 3.8) is 0 Å². The molecule has 1 saturated carbocycles. The van der Waals surface area contributed by atoms with Gasteiger partial charge in [-0.2, -0.15) is 0 Å². The van der Waals surface area contributed by atoms with Crippen LogP contribution in [0.15, 0.2) is 23.1 Å². The lowest BCUT2D eigenvalue weighted by molar-refractivity contribution is 0.572. The third-order valence-corrected chi connectivity index (χ3v) is 5.30. The van der Waals surface area contributed by atoms with E-state index >= 15 is 0 Å². The maximum Gasteiger partial charge on any atom is 0.241 e. The smallest absolute Gasteiger partial charge is 0.241 e. The Morgan fingerprint density at radius 2 is 2.16 bits per heavy atom. The average molecular weight is 282 g/mol. The molecule has 4 nitrogen and oxygen atoms in total. The van der Waals surface area contributed by atoms with Gasteiger partial charge in [-0.1, -0.05) is 25.5 Å². The van der Waals surface area contributed by atoms with Crippen LogP contribution in [0, 0.1) is 12.8 Å². The Bertz CT molecular complexity index is 555. The first kappa shape index (κ1) is 14.5. The zero-order valence-corrected chi connectivity index (χ0v) is 12.3. The number of hydrogen-bond acceptors (Lipinski definition) is 3. The predicted octanol–water partition coefficient (Wildman–Crippen LogP) is 1.92. The van der Waals surface area contributed by atoms with E-state index in [-0.39, 0.29) is 6.04 Å². The van der Waals surface area contributed by atoms with E-state index in [2.05, 4.69) is 11.6 Å². The van der Waals surface area contributed by atoms with Crippen LogP contribution in [-0.4, -0.2) is 14.5 Å². The van der Waals surface area contributed by atoms with Crippen LogP contribution in [0.1, 0.15) is 37.3 Å². The number of rotatable bonds is 6. The minimum atomic E-state index is -3.42. The fourth-order valence-electron chi connectivity index (χ4n) is 2.41. The zero-order chi connectivity index (χ0) is 14.0. The highest BCUT2D eigenvalue weighted by molar-refractivity contribution is 7.89. The lowest BCUT2D eigenvalue weighted by Gasteiger charge is -2.10. The van der Waals surface area contributed by atoms with Gasteiger partial charge in [0.05, 0.1) is 4.90 Å². The van der Waals surface area contributed by atoms with Crippen molar-refractivity contribution >= 4 is 10.0 Å². The summed E-state index contributed by atoms with van der Waals surface area (Å²) in [7, 11) is -3.42. The molecule has 0 aromatic heterocycles. The molecule has 0 aliphatic heterocycles. The van der Waals surface area contributed by atoms with Crippen LogP contribution >= 0.6 is 0 Å². The fourth-order valence-corrected chi connectivity index (χ4v) is 4.02. The Balaban J connectivity index is 2.16. The van der Waals surface area contributed by atoms with Gasteiger partial charge in [0.15, 0.2) is 0 Å². The van der Waals surface area contributed by atoms with Crippen molar-refractivity contribution in [2.45, 2.75) is 50.6 Å². The van der Waals surface area contributed by atoms with Gasteiger partial charge in [-0.05, 0) is 42.9 Å². The van der Waals surface area contributed by atoms with Crippen molar-refractivity contribution in [2.75, 3.05) is 0 Å². The molecule has 0 amide bonds. The summed E-state index contributed by atoms with van der Waals surface area (Å²) >= 11 is 0. The van der Waals surface area contributed by atoms with Gasteiger partial charge in [-0.25, -0.2) is 13.1 Å². The quantitative estimate of drug-likeness (QED) is 0.837. The van der Waals surface area contributed by atoms with Crippen molar-refractivity contribution in [3.8, 4) is 0 Å². The molecule has 1 fully saturated rings. The molecule has 1 aromatic carbocycles. The summed E-state index contributed by atoms with van der Waals surface area (Å²) in [5.41, 5.74) is 7.17. The van der Waals surface area contributed by atoms with E-state index in [1.165, 1.54) is 0 Å². The largest absolute Gasteiger partial charge is 0.326 e. The number of hydrogen-bond donors (Lipinski definition) is 2. The molecule has 1 aromatic rings. The summed E-state index contributed by atoms with van der Waals surface area (Å²) < 4.78 is 27.5. The second-order valence-electron chi connectivity index (χ2n) is 5.32. The zero-order valence-electron chi connectivity index (χ0n) is 11.5. The van der Waals surface area contributed by atoms with Crippen molar-refractivity contribution in [1.82, 2.24) is 4.72 Å². The van der Waals surface area contributed by atoms with Gasteiger partial charge in [0.2, 0.25) is 10.0 Å². The lowest BCUT2D eigenvalue weighted by Crippen LogP contribution is -2.28. The molecule has 0 bridgehead atoms. The Kier molecular flexibility index (Phi) is 4.28. The average Bonchev–Trinajstić information content (AvgIpc) is 3.07. The number of nitrogens with one attached hydrogen (secondary N) is 1. The van der Waals surface area contributed by atoms with Crippen LogP contribution in [-0.2, 0) is 16.6 Å². The van der Waals surface area contributed by atoms with E-state index in [0.717, 1.165) is 30.4 Å². The molecule has 2 rings (SSSR count). The Morgan fingerprint density at radius 1 is 1.42 bits per heavy atom. The number of aryl methyl sites for hydroxylation is 1. The molecule has 0 saturated heterocycles. The summed E-state index contributed by atoms with van der Waals surface area (Å²) in [4.78, 5) is 0.359. The van der Waals surface area contributed by atoms with Gasteiger partial charge in [0.25, 0.3) is 0 Å². The summed E-state index contributed by atoms with van der Waals surface area (Å²) in [5.74, 6) is 0.512. The molecule has 1 aliphatic rings. The van der Waals surface area contributed by atoms with Crippen molar-refractivity contribution in [3.05, 3.63) is 29.3 Å². The SMILES string of the molecule is CCCC1CC1NS(=O)(=O)c1cc(CN)ccc1C. The molecule has 2 unspecified atom stereocenters. The molecule has 1 aliphatic carbocycles. The second kappa shape index (κ2) is 5.61. The summed E-state index contributed by atoms with van der Waals surface area (Å²) in [6, 6.07) is 5.47. The van der Waals surface area contributed by atoms with Crippen LogP contribution in [0.4, 0.5) is 0 Å². The highest BCUT2D eigenvalue weighted by Crippen LogP contribution is 2.35. The van der Waals surface area contributed by atoms with E-state index in [1.54, 1.807) is 6.07 Å². The van der Waals surface area contributed by atoms with E-state index in [4.69, 9.17) is 5.73 Å². The molecule has 0 radical (unpaired) electrons. The minimum absolute atomic E-state index is 0.117. The highest BCUT2D eigenvalue weighted by atomic mass is 32.2. The van der Waals surface area contributed by atoms with Gasteiger partial charge < -0.3 is 5.73 Å². The second-order valence-corrected chi connectivity index (χ2v) is 7.00. The number of benzene rings is 1. The molecular formula is C14H22N2O2S. The van der Waals surface area contributed by atoms with E-state index < -0.39 is 10.0 Å². The molecule has 2 atom stereocenters. The van der Waals surface area contributed by atoms with Gasteiger partial charge >= 0.3 is 0 Å². The standard InChI is InChI=1S/C14H22N2O2S/c1-3-4-12-8-13(12)16-19(17,18)14-7-11(9-15)6-5-10(14)2/h5-7,12-13,16H,3-4,8-9,15H2,1-2H3. The van der Waals surface area contributed by atoms with Crippen molar-refractivity contribution < 1.29 is 8.42 Å². The minimum Gasteiger partial charge on any atom is -0.326 e. The summed E-state index contributed by atoms with van der Waals surface area (Å²) in [6.07, 6.45) is 3.16. The monoisotopic (exact) mass is 282 g/mol. The Hall–Kier alpha value is -0.910. The molecule has 106 valence electrons. The van der Waals surface area contributed by atoms with Gasteiger partial charge in [-0.3, -0.25) is 0 Å². The van der Waals surface area contributed by atoms with Crippen LogP contribution in [0.3, 0.4) is 0 Å².